The van der Waals surface area contributed by atoms with Crippen molar-refractivity contribution in [2.45, 2.75) is 29.7 Å². The number of thiazole rings is 1. The molecule has 1 saturated heterocycles. The average molecular weight is 613 g/mol. The maximum atomic E-state index is 13.3. The van der Waals surface area contributed by atoms with E-state index in [1.54, 1.807) is 6.92 Å². The molecule has 4 N–H and O–H groups in total. The summed E-state index contributed by atoms with van der Waals surface area (Å²) in [7, 11) is 1.35. The Balaban J connectivity index is 1.50. The number of fused-ring (bicyclic) bond motifs is 2. The number of hydrogen-bond acceptors (Lipinski definition) is 11. The van der Waals surface area contributed by atoms with E-state index in [-0.39, 0.29) is 18.1 Å². The number of phenolic OH excluding ortho intramolecular Hbond substituents is 1. The fourth-order valence-corrected chi connectivity index (χ4v) is 7.74. The summed E-state index contributed by atoms with van der Waals surface area (Å²) >= 11 is 1.73. The molecule has 13 nitrogen and oxygen atoms in total. The zero-order chi connectivity index (χ0) is 30.3. The summed E-state index contributed by atoms with van der Waals surface area (Å²) in [5.74, 6) is -4.68. The number of esters is 1. The van der Waals surface area contributed by atoms with Gasteiger partial charge in [-0.15, -0.1) is 0 Å². The van der Waals surface area contributed by atoms with Crippen molar-refractivity contribution in [2.24, 2.45) is 11.7 Å². The number of primary amides is 1. The van der Waals surface area contributed by atoms with Crippen LogP contribution in [0.15, 0.2) is 52.3 Å². The van der Waals surface area contributed by atoms with Gasteiger partial charge in [-0.1, -0.05) is 29.2 Å². The smallest absolute Gasteiger partial charge is 0.338 e. The number of phenols is 1. The molecule has 15 heteroatoms. The number of aromatic hydroxyl groups is 1. The van der Waals surface area contributed by atoms with Gasteiger partial charge in [0, 0.05) is 16.5 Å². The van der Waals surface area contributed by atoms with Crippen LogP contribution >= 0.6 is 23.1 Å². The maximum Gasteiger partial charge on any atom is 0.338 e. The number of carbonyl (C=O) groups excluding carboxylic acids is 5. The number of nitrogens with two attached hydrogens (primary N) is 1. The molecule has 42 heavy (non-hydrogen) atoms. The number of nitrogens with one attached hydrogen (secondary N) is 1. The number of nitrogens with zero attached hydrogens (tertiary/aromatic N) is 2. The summed E-state index contributed by atoms with van der Waals surface area (Å²) < 4.78 is 11.4. The van der Waals surface area contributed by atoms with Crippen LogP contribution in [0, 0.1) is 5.92 Å². The molecule has 0 spiro atoms. The van der Waals surface area contributed by atoms with E-state index < -0.39 is 58.2 Å². The molecule has 2 aromatic carbocycles. The highest BCUT2D eigenvalue weighted by molar-refractivity contribution is 8.00. The lowest BCUT2D eigenvalue weighted by Gasteiger charge is -2.30. The van der Waals surface area contributed by atoms with Crippen molar-refractivity contribution in [3.05, 3.63) is 68.1 Å². The summed E-state index contributed by atoms with van der Waals surface area (Å²) in [6.45, 7) is 1.49. The van der Waals surface area contributed by atoms with Gasteiger partial charge < -0.3 is 25.6 Å². The van der Waals surface area contributed by atoms with Crippen molar-refractivity contribution in [3.8, 4) is 11.5 Å². The van der Waals surface area contributed by atoms with Crippen molar-refractivity contribution in [3.63, 3.8) is 0 Å². The highest BCUT2D eigenvalue weighted by Crippen LogP contribution is 2.53. The molecule has 218 valence electrons. The van der Waals surface area contributed by atoms with Gasteiger partial charge in [-0.05, 0) is 48.9 Å². The van der Waals surface area contributed by atoms with Gasteiger partial charge in [0.2, 0.25) is 11.8 Å². The number of thioether (sulfide) groups is 1. The third-order valence-corrected chi connectivity index (χ3v) is 9.42. The van der Waals surface area contributed by atoms with Gasteiger partial charge in [0.15, 0.2) is 11.5 Å². The molecule has 3 atom stereocenters. The Morgan fingerprint density at radius 2 is 1.79 bits per heavy atom. The van der Waals surface area contributed by atoms with Crippen molar-refractivity contribution in [1.29, 1.82) is 0 Å². The summed E-state index contributed by atoms with van der Waals surface area (Å²) in [5.41, 5.74) is 6.48. The van der Waals surface area contributed by atoms with E-state index in [0.717, 1.165) is 23.1 Å². The Bertz CT molecular complexity index is 1680. The number of carbonyl (C=O) groups is 5. The molecule has 0 bridgehead atoms. The van der Waals surface area contributed by atoms with Gasteiger partial charge in [-0.25, -0.2) is 9.59 Å². The van der Waals surface area contributed by atoms with Crippen LogP contribution in [-0.2, 0) is 25.7 Å². The predicted molar refractivity (Wildman–Crippen MR) is 151 cm³/mol. The minimum atomic E-state index is -1.21. The quantitative estimate of drug-likeness (QED) is 0.263. The van der Waals surface area contributed by atoms with Crippen LogP contribution in [-0.4, -0.2) is 63.3 Å². The molecule has 0 aliphatic carbocycles. The third kappa shape index (κ3) is 5.00. The van der Waals surface area contributed by atoms with Gasteiger partial charge in [0.05, 0.1) is 30.2 Å². The lowest BCUT2D eigenvalue weighted by atomic mass is 9.83. The van der Waals surface area contributed by atoms with E-state index in [1.165, 1.54) is 54.1 Å². The van der Waals surface area contributed by atoms with Crippen LogP contribution in [0.4, 0.5) is 10.5 Å². The largest absolute Gasteiger partial charge is 0.504 e. The van der Waals surface area contributed by atoms with Crippen LogP contribution in [0.5, 0.6) is 11.5 Å². The number of rotatable bonds is 7. The minimum absolute atomic E-state index is 0.104. The molecule has 2 aliphatic heterocycles. The highest BCUT2D eigenvalue weighted by Gasteiger charge is 2.58. The normalized spacial score (nSPS) is 19.2. The van der Waals surface area contributed by atoms with Crippen molar-refractivity contribution in [1.82, 2.24) is 9.47 Å². The van der Waals surface area contributed by atoms with E-state index in [9.17, 15) is 33.9 Å². The molecule has 3 aromatic rings. The lowest BCUT2D eigenvalue weighted by Crippen LogP contribution is -2.41. The number of aromatic nitrogens is 1. The van der Waals surface area contributed by atoms with E-state index in [0.29, 0.717) is 31.6 Å². The molecular formula is C27H24N4O9S2. The number of amides is 5. The number of methoxy groups -OCH3 is 1. The Labute approximate surface area is 246 Å². The number of benzene rings is 2. The number of hydrogen-bond donors (Lipinski definition) is 3. The molecule has 0 saturated carbocycles. The van der Waals surface area contributed by atoms with E-state index in [2.05, 4.69) is 5.32 Å². The van der Waals surface area contributed by atoms with Crippen molar-refractivity contribution >= 4 is 58.5 Å². The number of urea groups is 1. The molecular weight excluding hydrogens is 588 g/mol. The molecule has 0 radical (unpaired) electrons. The predicted octanol–water partition coefficient (Wildman–Crippen LogP) is 2.11. The van der Waals surface area contributed by atoms with Crippen LogP contribution in [0.2, 0.25) is 0 Å². The number of anilines is 1. The Morgan fingerprint density at radius 3 is 2.43 bits per heavy atom. The molecule has 5 amide bonds. The Kier molecular flexibility index (Phi) is 7.79. The second kappa shape index (κ2) is 11.3. The number of likely N-dealkylation sites (tertiary alicyclic amines) is 1. The number of ether oxygens (including phenoxy) is 2. The zero-order valence-electron chi connectivity index (χ0n) is 22.2. The van der Waals surface area contributed by atoms with Crippen LogP contribution in [0.3, 0.4) is 0 Å². The Hall–Kier alpha value is -4.63. The molecule has 1 aromatic heterocycles. The first-order valence-corrected chi connectivity index (χ1v) is 14.3. The van der Waals surface area contributed by atoms with Gasteiger partial charge >= 0.3 is 16.9 Å². The van der Waals surface area contributed by atoms with Gasteiger partial charge in [0.25, 0.3) is 5.91 Å². The van der Waals surface area contributed by atoms with E-state index in [4.69, 9.17) is 15.2 Å². The number of imide groups is 3. The standard InChI is InChI=1S/C27H24N4O9S2/c1-3-40-25(36)12-4-7-14(8-5-12)29-17(33)11-30-24-21(42-27(30)38)18(13-6-9-15(32)16(10-13)39-2)19-20(41-24)23(35)31(22(19)34)26(28)37/h4-10,18-20,32H,3,11H2,1-2H3,(H2,28,37)(H,29,33). The maximum absolute atomic E-state index is 13.3. The average Bonchev–Trinajstić information content (AvgIpc) is 3.40. The van der Waals surface area contributed by atoms with Crippen molar-refractivity contribution < 1.29 is 38.6 Å². The van der Waals surface area contributed by atoms with Crippen molar-refractivity contribution in [2.75, 3.05) is 19.0 Å². The Morgan fingerprint density at radius 1 is 1.07 bits per heavy atom. The second-order valence-corrected chi connectivity index (χ2v) is 11.4. The molecule has 1 fully saturated rings. The summed E-state index contributed by atoms with van der Waals surface area (Å²) in [4.78, 5) is 76.9. The zero-order valence-corrected chi connectivity index (χ0v) is 23.8. The fourth-order valence-electron chi connectivity index (χ4n) is 4.97. The minimum Gasteiger partial charge on any atom is -0.504 e. The monoisotopic (exact) mass is 612 g/mol. The summed E-state index contributed by atoms with van der Waals surface area (Å²) in [6.07, 6.45) is 0. The molecule has 3 heterocycles. The summed E-state index contributed by atoms with van der Waals surface area (Å²) in [5, 5.41) is 12.0. The first-order chi connectivity index (χ1) is 20.0. The van der Waals surface area contributed by atoms with Crippen LogP contribution in [0.25, 0.3) is 0 Å². The topological polar surface area (TPSA) is 187 Å². The van der Waals surface area contributed by atoms with Gasteiger partial charge in [0.1, 0.15) is 11.8 Å². The van der Waals surface area contributed by atoms with E-state index in [1.807, 2.05) is 0 Å². The third-order valence-electron chi connectivity index (χ3n) is 6.81. The van der Waals surface area contributed by atoms with Gasteiger partial charge in [-0.3, -0.25) is 23.7 Å². The fraction of sp³-hybridized carbons (Fsp3) is 0.259. The first kappa shape index (κ1) is 28.9. The van der Waals surface area contributed by atoms with Crippen LogP contribution in [0.1, 0.15) is 33.6 Å². The SMILES string of the molecule is CCOC(=O)c1ccc(NC(=O)Cn2c3c(sc2=O)C(c2ccc(O)c(OC)c2)C2C(=O)N(C(N)=O)C(=O)C2S3)cc1. The lowest BCUT2D eigenvalue weighted by molar-refractivity contribution is -0.135. The van der Waals surface area contributed by atoms with Crippen LogP contribution < -0.4 is 20.7 Å². The summed E-state index contributed by atoms with van der Waals surface area (Å²) in [6, 6.07) is 9.19. The molecule has 5 rings (SSSR count). The van der Waals surface area contributed by atoms with Gasteiger partial charge in [-0.2, -0.15) is 4.90 Å². The van der Waals surface area contributed by atoms with E-state index >= 15 is 0 Å². The molecule has 2 aliphatic rings. The first-order valence-electron chi connectivity index (χ1n) is 12.6. The molecule has 3 unspecified atom stereocenters. The second-order valence-electron chi connectivity index (χ2n) is 9.29. The highest BCUT2D eigenvalue weighted by atomic mass is 32.2.